The molecule has 0 radical (unpaired) electrons. The fourth-order valence-electron chi connectivity index (χ4n) is 2.32. The molecule has 156 valence electrons. The number of nitrogens with one attached hydrogen (secondary N) is 2. The molecule has 2 aromatic carbocycles. The van der Waals surface area contributed by atoms with Crippen LogP contribution in [-0.4, -0.2) is 31.1 Å². The van der Waals surface area contributed by atoms with E-state index in [0.29, 0.717) is 22.6 Å². The topological polar surface area (TPSA) is 91.2 Å². The predicted octanol–water partition coefficient (Wildman–Crippen LogP) is 3.84. The molecule has 9 heteroatoms. The van der Waals surface area contributed by atoms with Gasteiger partial charge in [0.2, 0.25) is 5.91 Å². The molecule has 0 aromatic heterocycles. The first-order chi connectivity index (χ1) is 14.2. The number of nitrogens with zero attached hydrogens (tertiary/aromatic N) is 1. The molecule has 0 spiro atoms. The Morgan fingerprint density at radius 1 is 1.17 bits per heavy atom. The zero-order valence-electron chi connectivity index (χ0n) is 15.9. The normalized spacial score (nSPS) is 11.0. The van der Waals surface area contributed by atoms with Crippen LogP contribution < -0.4 is 15.4 Å². The minimum atomic E-state index is -4.51. The maximum absolute atomic E-state index is 12.2. The molecule has 0 aliphatic rings. The lowest BCUT2D eigenvalue weighted by molar-refractivity contribution is -0.123. The lowest BCUT2D eigenvalue weighted by Crippen LogP contribution is -2.33. The summed E-state index contributed by atoms with van der Waals surface area (Å²) < 4.78 is 41.9. The highest BCUT2D eigenvalue weighted by molar-refractivity contribution is 6.03. The van der Waals surface area contributed by atoms with Gasteiger partial charge in [0.15, 0.2) is 6.61 Å². The Morgan fingerprint density at radius 3 is 2.50 bits per heavy atom. The van der Waals surface area contributed by atoms with Crippen LogP contribution in [0.1, 0.15) is 21.5 Å². The summed E-state index contributed by atoms with van der Waals surface area (Å²) in [4.78, 5) is 24.1. The summed E-state index contributed by atoms with van der Waals surface area (Å²) in [6, 6.07) is 12.8. The third-order valence-corrected chi connectivity index (χ3v) is 3.82. The highest BCUT2D eigenvalue weighted by Crippen LogP contribution is 2.18. The van der Waals surface area contributed by atoms with Crippen molar-refractivity contribution in [2.24, 2.45) is 0 Å². The van der Waals surface area contributed by atoms with Crippen molar-refractivity contribution in [2.75, 3.05) is 18.5 Å². The Labute approximate surface area is 171 Å². The Morgan fingerprint density at radius 2 is 1.87 bits per heavy atom. The first kappa shape index (κ1) is 22.5. The molecule has 0 aliphatic carbocycles. The molecule has 0 saturated carbocycles. The van der Waals surface area contributed by atoms with E-state index in [9.17, 15) is 22.8 Å². The Kier molecular flexibility index (Phi) is 7.58. The minimum Gasteiger partial charge on any atom is -0.479 e. The van der Waals surface area contributed by atoms with Crippen molar-refractivity contribution in [3.63, 3.8) is 0 Å². The lowest BCUT2D eigenvalue weighted by atomic mass is 10.1. The standard InChI is InChI=1S/C21H18F3N3O3/c1-14-2-6-16(20(29)26-13-21(22,23)24)12-18(14)27-19(28)9-5-15-3-7-17(8-4-15)30-11-10-25/h2-9,12H,11,13H2,1H3,(H,26,29)(H,27,28)/b9-5+. The average Bonchev–Trinajstić information content (AvgIpc) is 2.70. The smallest absolute Gasteiger partial charge is 0.405 e. The van der Waals surface area contributed by atoms with E-state index in [1.54, 1.807) is 42.6 Å². The molecule has 0 aliphatic heterocycles. The third kappa shape index (κ3) is 7.31. The number of anilines is 1. The molecule has 0 saturated heterocycles. The molecular formula is C21H18F3N3O3. The van der Waals surface area contributed by atoms with E-state index < -0.39 is 24.5 Å². The number of nitriles is 1. The largest absolute Gasteiger partial charge is 0.479 e. The van der Waals surface area contributed by atoms with Gasteiger partial charge in [0.25, 0.3) is 5.91 Å². The highest BCUT2D eigenvalue weighted by atomic mass is 19.4. The lowest BCUT2D eigenvalue weighted by Gasteiger charge is -2.11. The molecule has 2 amide bonds. The third-order valence-electron chi connectivity index (χ3n) is 3.82. The van der Waals surface area contributed by atoms with Crippen LogP contribution in [-0.2, 0) is 4.79 Å². The number of hydrogen-bond acceptors (Lipinski definition) is 4. The average molecular weight is 417 g/mol. The van der Waals surface area contributed by atoms with Crippen molar-refractivity contribution in [2.45, 2.75) is 13.1 Å². The number of alkyl halides is 3. The Bertz CT molecular complexity index is 978. The molecular weight excluding hydrogens is 399 g/mol. The monoisotopic (exact) mass is 417 g/mol. The van der Waals surface area contributed by atoms with Crippen LogP contribution in [0.3, 0.4) is 0 Å². The number of aryl methyl sites for hydroxylation is 1. The quantitative estimate of drug-likeness (QED) is 0.670. The van der Waals surface area contributed by atoms with Gasteiger partial charge in [-0.3, -0.25) is 9.59 Å². The van der Waals surface area contributed by atoms with Gasteiger partial charge in [-0.15, -0.1) is 0 Å². The van der Waals surface area contributed by atoms with E-state index in [1.807, 2.05) is 6.07 Å². The van der Waals surface area contributed by atoms with E-state index in [4.69, 9.17) is 10.00 Å². The van der Waals surface area contributed by atoms with Gasteiger partial charge in [0.05, 0.1) is 0 Å². The van der Waals surface area contributed by atoms with Gasteiger partial charge in [-0.05, 0) is 48.4 Å². The number of carbonyl (C=O) groups excluding carboxylic acids is 2. The Balaban J connectivity index is 2.01. The van der Waals surface area contributed by atoms with Crippen LogP contribution in [0.5, 0.6) is 5.75 Å². The molecule has 0 atom stereocenters. The van der Waals surface area contributed by atoms with Gasteiger partial charge < -0.3 is 15.4 Å². The summed E-state index contributed by atoms with van der Waals surface area (Å²) in [7, 11) is 0. The number of ether oxygens (including phenoxy) is 1. The van der Waals surface area contributed by atoms with Gasteiger partial charge in [-0.25, -0.2) is 0 Å². The number of carbonyl (C=O) groups is 2. The summed E-state index contributed by atoms with van der Waals surface area (Å²) in [6.45, 7) is 0.186. The summed E-state index contributed by atoms with van der Waals surface area (Å²) in [6.07, 6.45) is -1.68. The van der Waals surface area contributed by atoms with E-state index in [0.717, 1.165) is 0 Å². The molecule has 0 heterocycles. The fourth-order valence-corrected chi connectivity index (χ4v) is 2.32. The van der Waals surface area contributed by atoms with Crippen LogP contribution in [0.25, 0.3) is 6.08 Å². The second-order valence-corrected chi connectivity index (χ2v) is 6.17. The summed E-state index contributed by atoms with van der Waals surface area (Å²) >= 11 is 0. The van der Waals surface area contributed by atoms with Crippen molar-refractivity contribution in [1.82, 2.24) is 5.32 Å². The zero-order valence-corrected chi connectivity index (χ0v) is 15.9. The Hall–Kier alpha value is -3.80. The number of benzene rings is 2. The SMILES string of the molecule is Cc1ccc(C(=O)NCC(F)(F)F)cc1NC(=O)/C=C/c1ccc(OCC#N)cc1. The number of amides is 2. The molecule has 6 nitrogen and oxygen atoms in total. The van der Waals surface area contributed by atoms with Gasteiger partial charge in [0, 0.05) is 17.3 Å². The number of halogens is 3. The van der Waals surface area contributed by atoms with E-state index >= 15 is 0 Å². The minimum absolute atomic E-state index is 0.00270. The van der Waals surface area contributed by atoms with Crippen LogP contribution in [0.4, 0.5) is 18.9 Å². The van der Waals surface area contributed by atoms with Crippen molar-refractivity contribution >= 4 is 23.6 Å². The van der Waals surface area contributed by atoms with Crippen molar-refractivity contribution in [3.05, 3.63) is 65.2 Å². The maximum atomic E-state index is 12.2. The van der Waals surface area contributed by atoms with Crippen LogP contribution >= 0.6 is 0 Å². The molecule has 2 N–H and O–H groups in total. The fraction of sp³-hybridized carbons (Fsp3) is 0.190. The maximum Gasteiger partial charge on any atom is 0.405 e. The van der Waals surface area contributed by atoms with Gasteiger partial charge >= 0.3 is 6.18 Å². The van der Waals surface area contributed by atoms with E-state index in [1.165, 1.54) is 24.3 Å². The molecule has 2 aromatic rings. The highest BCUT2D eigenvalue weighted by Gasteiger charge is 2.28. The molecule has 0 fully saturated rings. The van der Waals surface area contributed by atoms with Crippen molar-refractivity contribution in [3.8, 4) is 11.8 Å². The summed E-state index contributed by atoms with van der Waals surface area (Å²) in [5.41, 5.74) is 1.66. The molecule has 2 rings (SSSR count). The molecule has 0 unspecified atom stereocenters. The van der Waals surface area contributed by atoms with Crippen LogP contribution in [0.2, 0.25) is 0 Å². The van der Waals surface area contributed by atoms with Gasteiger partial charge in [-0.2, -0.15) is 18.4 Å². The second kappa shape index (κ2) is 10.1. The predicted molar refractivity (Wildman–Crippen MR) is 105 cm³/mol. The van der Waals surface area contributed by atoms with Crippen LogP contribution in [0, 0.1) is 18.3 Å². The van der Waals surface area contributed by atoms with Crippen LogP contribution in [0.15, 0.2) is 48.5 Å². The first-order valence-electron chi connectivity index (χ1n) is 8.72. The molecule has 0 bridgehead atoms. The zero-order chi connectivity index (χ0) is 22.1. The first-order valence-corrected chi connectivity index (χ1v) is 8.72. The second-order valence-electron chi connectivity index (χ2n) is 6.17. The molecule has 30 heavy (non-hydrogen) atoms. The van der Waals surface area contributed by atoms with E-state index in [-0.39, 0.29) is 12.2 Å². The van der Waals surface area contributed by atoms with Gasteiger partial charge in [-0.1, -0.05) is 18.2 Å². The number of hydrogen-bond donors (Lipinski definition) is 2. The van der Waals surface area contributed by atoms with Crippen molar-refractivity contribution in [1.29, 1.82) is 5.26 Å². The van der Waals surface area contributed by atoms with Crippen molar-refractivity contribution < 1.29 is 27.5 Å². The summed E-state index contributed by atoms with van der Waals surface area (Å²) in [5, 5.41) is 12.9. The summed E-state index contributed by atoms with van der Waals surface area (Å²) in [5.74, 6) is -0.845. The number of rotatable bonds is 7. The van der Waals surface area contributed by atoms with Gasteiger partial charge in [0.1, 0.15) is 18.4 Å². The van der Waals surface area contributed by atoms with E-state index in [2.05, 4.69) is 5.32 Å².